The number of para-hydroxylation sites is 5. The number of aromatic nitrogens is 4. The van der Waals surface area contributed by atoms with Crippen molar-refractivity contribution in [2.24, 2.45) is 47.3 Å². The number of nitrogens with zero attached hydrogens (tertiary/aromatic N) is 4. The van der Waals surface area contributed by atoms with E-state index in [2.05, 4.69) is 407 Å². The van der Waals surface area contributed by atoms with E-state index in [-0.39, 0.29) is 10.8 Å². The van der Waals surface area contributed by atoms with Crippen LogP contribution in [0.3, 0.4) is 0 Å². The lowest BCUT2D eigenvalue weighted by Gasteiger charge is -2.61. The zero-order chi connectivity index (χ0) is 82.2. The van der Waals surface area contributed by atoms with Crippen molar-refractivity contribution in [3.8, 4) is 101 Å². The molecule has 31 rings (SSSR count). The molecule has 126 heavy (non-hydrogen) atoms. The van der Waals surface area contributed by atoms with Gasteiger partial charge < -0.3 is 18.3 Å². The molecule has 4 heteroatoms. The highest BCUT2D eigenvalue weighted by molar-refractivity contribution is 6.18. The van der Waals surface area contributed by atoms with Gasteiger partial charge in [-0.05, 0) is 333 Å². The van der Waals surface area contributed by atoms with E-state index < -0.39 is 0 Å². The molecule has 0 radical (unpaired) electrons. The van der Waals surface area contributed by atoms with Crippen molar-refractivity contribution in [1.82, 2.24) is 18.3 Å². The Morgan fingerprint density at radius 3 is 1.00 bits per heavy atom. The second-order valence-electron chi connectivity index (χ2n) is 38.6. The number of fused-ring (bicyclic) bond motifs is 18. The van der Waals surface area contributed by atoms with Crippen molar-refractivity contribution in [3.63, 3.8) is 0 Å². The molecule has 0 aliphatic heterocycles. The van der Waals surface area contributed by atoms with E-state index in [0.29, 0.717) is 0 Å². The first-order valence-corrected chi connectivity index (χ1v) is 46.4. The lowest BCUT2D eigenvalue weighted by Crippen LogP contribution is -2.55. The van der Waals surface area contributed by atoms with Crippen LogP contribution in [0.4, 0.5) is 0 Å². The first kappa shape index (κ1) is 71.4. The standard InChI is InChI=1S/C64H48N2.C58H44N2/c1-2-12-42(13-3-1)44-14-10-15-50(37-44)66-60-22-9-6-18-56(60)63-51(19-11-23-61(63)66)46-27-31-55-54-17-5-8-21-59(54)65(62(55)39-46)49-28-24-43(25-29-49)45-26-30-53-52-16-4-7-20-57(52)64(58(53)38-45)47-33-40-32-41(35-47)36-48(64)34-40;1-2-10-44(11-3-1)59-54-16-8-5-13-48(54)50-33-39(21-26-56(50)59)40-22-27-57-51(34-40)49-14-6-9-17-55(49)60(57)45-23-18-38(19-24-45)41-20-25-47-46-12-4-7-15-52(46)58(53(47)35-41)42-29-36-28-37(31-42)32-43(58)30-36/h1-31,37-41,47-48H,32-36H2;1-27,33-37,42-43H,28-32H2. The number of benzene rings is 17. The molecule has 4 heterocycles. The van der Waals surface area contributed by atoms with E-state index >= 15 is 0 Å². The van der Waals surface area contributed by atoms with Gasteiger partial charge in [-0.15, -0.1) is 0 Å². The minimum Gasteiger partial charge on any atom is -0.309 e. The summed E-state index contributed by atoms with van der Waals surface area (Å²) in [6.45, 7) is 0. The summed E-state index contributed by atoms with van der Waals surface area (Å²) in [6, 6.07) is 147. The van der Waals surface area contributed by atoms with Gasteiger partial charge in [-0.3, -0.25) is 0 Å². The van der Waals surface area contributed by atoms with Crippen molar-refractivity contribution < 1.29 is 0 Å². The molecule has 4 aromatic heterocycles. The van der Waals surface area contributed by atoms with E-state index in [1.807, 2.05) is 0 Å². The Balaban J connectivity index is 0.000000129. The highest BCUT2D eigenvalue weighted by Crippen LogP contribution is 2.72. The number of hydrogen-bond donors (Lipinski definition) is 0. The van der Waals surface area contributed by atoms with Gasteiger partial charge in [0.25, 0.3) is 0 Å². The first-order valence-electron chi connectivity index (χ1n) is 46.4. The van der Waals surface area contributed by atoms with Gasteiger partial charge in [-0.1, -0.05) is 267 Å². The molecule has 8 bridgehead atoms. The highest BCUT2D eigenvalue weighted by atomic mass is 15.0. The third-order valence-electron chi connectivity index (χ3n) is 32.6. The fourth-order valence-corrected chi connectivity index (χ4v) is 28.1. The predicted molar refractivity (Wildman–Crippen MR) is 524 cm³/mol. The number of rotatable bonds is 9. The molecule has 17 aromatic carbocycles. The van der Waals surface area contributed by atoms with Gasteiger partial charge in [0, 0.05) is 76.7 Å². The molecule has 2 spiro atoms. The van der Waals surface area contributed by atoms with Crippen LogP contribution < -0.4 is 0 Å². The summed E-state index contributed by atoms with van der Waals surface area (Å²) in [6.07, 6.45) is 14.2. The zero-order valence-electron chi connectivity index (χ0n) is 70.4. The summed E-state index contributed by atoms with van der Waals surface area (Å²) in [5.74, 6) is 6.83. The van der Waals surface area contributed by atoms with Crippen LogP contribution in [-0.4, -0.2) is 18.3 Å². The fraction of sp³-hybridized carbons (Fsp3) is 0.164. The maximum atomic E-state index is 2.62. The summed E-state index contributed by atoms with van der Waals surface area (Å²) in [5, 5.41) is 10.2. The van der Waals surface area contributed by atoms with Gasteiger partial charge in [0.2, 0.25) is 0 Å². The van der Waals surface area contributed by atoms with E-state index in [1.54, 1.807) is 22.3 Å². The Hall–Kier alpha value is -14.1. The Kier molecular flexibility index (Phi) is 15.4. The van der Waals surface area contributed by atoms with Crippen LogP contribution in [0.2, 0.25) is 0 Å². The average Bonchev–Trinajstić information content (AvgIpc) is 1.48. The third kappa shape index (κ3) is 10.2. The zero-order valence-corrected chi connectivity index (χ0v) is 70.4. The van der Waals surface area contributed by atoms with Crippen LogP contribution >= 0.6 is 0 Å². The van der Waals surface area contributed by atoms with Crippen molar-refractivity contribution in [2.75, 3.05) is 0 Å². The first-order chi connectivity index (χ1) is 62.4. The largest absolute Gasteiger partial charge is 0.309 e. The maximum absolute atomic E-state index is 2.62. The Morgan fingerprint density at radius 2 is 0.484 bits per heavy atom. The van der Waals surface area contributed by atoms with Crippen molar-refractivity contribution in [2.45, 2.75) is 75.0 Å². The molecule has 4 nitrogen and oxygen atoms in total. The summed E-state index contributed by atoms with van der Waals surface area (Å²) >= 11 is 0. The van der Waals surface area contributed by atoms with Gasteiger partial charge in [-0.25, -0.2) is 0 Å². The smallest absolute Gasteiger partial charge is 0.0547 e. The van der Waals surface area contributed by atoms with Crippen molar-refractivity contribution in [3.05, 3.63) is 411 Å². The highest BCUT2D eigenvalue weighted by Gasteiger charge is 2.63. The predicted octanol–water partition coefficient (Wildman–Crippen LogP) is 31.5. The summed E-state index contributed by atoms with van der Waals surface area (Å²) in [7, 11) is 0. The molecule has 8 fully saturated rings. The molecule has 0 saturated heterocycles. The second kappa shape index (κ2) is 27.2. The van der Waals surface area contributed by atoms with Gasteiger partial charge >= 0.3 is 0 Å². The summed E-state index contributed by atoms with van der Waals surface area (Å²) in [5.41, 5.74) is 39.9. The molecule has 10 aliphatic rings. The minimum atomic E-state index is 0.169. The lowest BCUT2D eigenvalue weighted by molar-refractivity contribution is -0.0399. The molecule has 0 N–H and O–H groups in total. The Morgan fingerprint density at radius 1 is 0.167 bits per heavy atom. The van der Waals surface area contributed by atoms with Gasteiger partial charge in [0.15, 0.2) is 0 Å². The molecular weight excluding hydrogens is 1520 g/mol. The number of hydrogen-bond acceptors (Lipinski definition) is 0. The fourth-order valence-electron chi connectivity index (χ4n) is 28.1. The molecule has 0 atom stereocenters. The van der Waals surface area contributed by atoms with Crippen LogP contribution in [0.25, 0.3) is 188 Å². The molecule has 8 saturated carbocycles. The van der Waals surface area contributed by atoms with E-state index in [9.17, 15) is 0 Å². The normalized spacial score (nSPS) is 21.9. The SMILES string of the molecule is c1ccc(-c2cccc(-n3c4ccccc4c4c(-c5ccc6c7ccccc7n(-c7ccc(-c8ccc9c(c8)C8(c%10ccccc%10-9)C9CC%10CC(C9)CC8C%10)cc7)c6c5)cccc43)c2)cc1.c1ccc(-n2c3ccccc3c3cc(-c4ccc5c(c4)c4ccccc4n5-c4ccc(-c5ccc6c(c5)C5(c7ccccc7-6)C6CC7CC(C6)CC5C7)cc4)ccc32)cc1. The third-order valence-corrected chi connectivity index (χ3v) is 32.6. The average molecular weight is 1610 g/mol. The van der Waals surface area contributed by atoms with Crippen LogP contribution in [0.15, 0.2) is 388 Å². The second-order valence-corrected chi connectivity index (χ2v) is 38.6. The van der Waals surface area contributed by atoms with Crippen molar-refractivity contribution in [1.29, 1.82) is 0 Å². The van der Waals surface area contributed by atoms with E-state index in [4.69, 9.17) is 0 Å². The Labute approximate surface area is 734 Å². The topological polar surface area (TPSA) is 19.7 Å². The van der Waals surface area contributed by atoms with E-state index in [0.717, 1.165) is 53.0 Å². The van der Waals surface area contributed by atoms with Crippen molar-refractivity contribution >= 4 is 87.2 Å². The van der Waals surface area contributed by atoms with Gasteiger partial charge in [-0.2, -0.15) is 0 Å². The lowest BCUT2D eigenvalue weighted by atomic mass is 9.43. The summed E-state index contributed by atoms with van der Waals surface area (Å²) in [4.78, 5) is 0. The van der Waals surface area contributed by atoms with Crippen LogP contribution in [0.1, 0.15) is 86.5 Å². The molecule has 10 aliphatic carbocycles. The molecular formula is C122H92N4. The quantitative estimate of drug-likeness (QED) is 0.137. The Bertz CT molecular complexity index is 8040. The molecule has 600 valence electrons. The van der Waals surface area contributed by atoms with Crippen LogP contribution in [-0.2, 0) is 10.8 Å². The van der Waals surface area contributed by atoms with Gasteiger partial charge in [0.05, 0.1) is 44.1 Å². The molecule has 0 amide bonds. The maximum Gasteiger partial charge on any atom is 0.0547 e. The summed E-state index contributed by atoms with van der Waals surface area (Å²) < 4.78 is 9.77. The minimum absolute atomic E-state index is 0.169. The molecule has 21 aromatic rings. The van der Waals surface area contributed by atoms with E-state index in [1.165, 1.54) is 246 Å². The molecule has 0 unspecified atom stereocenters. The monoisotopic (exact) mass is 1610 g/mol. The van der Waals surface area contributed by atoms with Crippen LogP contribution in [0.5, 0.6) is 0 Å². The van der Waals surface area contributed by atoms with Crippen LogP contribution in [0, 0.1) is 47.3 Å². The van der Waals surface area contributed by atoms with Gasteiger partial charge in [0.1, 0.15) is 0 Å².